The van der Waals surface area contributed by atoms with Crippen LogP contribution in [0.25, 0.3) is 10.1 Å². The zero-order valence-corrected chi connectivity index (χ0v) is 12.7. The quantitative estimate of drug-likeness (QED) is 0.756. The Labute approximate surface area is 124 Å². The maximum absolute atomic E-state index is 12.3. The maximum Gasteiger partial charge on any atom is 0.269 e. The lowest BCUT2D eigenvalue weighted by atomic mass is 10.1. The van der Waals surface area contributed by atoms with Gasteiger partial charge in [0.1, 0.15) is 4.88 Å². The van der Waals surface area contributed by atoms with E-state index in [1.165, 1.54) is 22.7 Å². The number of amides is 1. The molecule has 1 aromatic carbocycles. The Morgan fingerprint density at radius 1 is 1.30 bits per heavy atom. The number of fused-ring (bicyclic) bond motifs is 1. The van der Waals surface area contributed by atoms with Crippen LogP contribution in [0.4, 0.5) is 10.8 Å². The Hall–Kier alpha value is -1.92. The number of nitrogen functional groups attached to an aromatic ring is 1. The first kappa shape index (κ1) is 13.1. The second kappa shape index (κ2) is 4.88. The Morgan fingerprint density at radius 3 is 2.80 bits per heavy atom. The summed E-state index contributed by atoms with van der Waals surface area (Å²) in [4.78, 5) is 18.0. The van der Waals surface area contributed by atoms with Crippen molar-refractivity contribution in [2.75, 3.05) is 11.1 Å². The van der Waals surface area contributed by atoms with Gasteiger partial charge in [0, 0.05) is 21.2 Å². The lowest BCUT2D eigenvalue weighted by Crippen LogP contribution is -2.11. The molecule has 0 radical (unpaired) electrons. The molecule has 2 aromatic heterocycles. The van der Waals surface area contributed by atoms with E-state index in [0.717, 1.165) is 20.5 Å². The SMILES string of the molecule is Cc1ccc2c(N)c(C(=O)Nc3ncc(C)s3)sc2c1. The monoisotopic (exact) mass is 303 g/mol. The molecule has 0 saturated carbocycles. The molecule has 0 unspecified atom stereocenters. The van der Waals surface area contributed by atoms with Crippen LogP contribution in [0.3, 0.4) is 0 Å². The third-order valence-electron chi connectivity index (χ3n) is 2.93. The van der Waals surface area contributed by atoms with Crippen molar-refractivity contribution in [2.24, 2.45) is 0 Å². The Bertz CT molecular complexity index is 804. The number of carbonyl (C=O) groups is 1. The molecule has 1 amide bonds. The van der Waals surface area contributed by atoms with Crippen LogP contribution in [0.1, 0.15) is 20.1 Å². The molecule has 0 spiro atoms. The first-order valence-corrected chi connectivity index (χ1v) is 7.70. The zero-order valence-electron chi connectivity index (χ0n) is 11.1. The highest BCUT2D eigenvalue weighted by Crippen LogP contribution is 2.34. The second-order valence-electron chi connectivity index (χ2n) is 4.57. The van der Waals surface area contributed by atoms with E-state index in [-0.39, 0.29) is 5.91 Å². The third-order valence-corrected chi connectivity index (χ3v) is 4.93. The highest BCUT2D eigenvalue weighted by Gasteiger charge is 2.17. The van der Waals surface area contributed by atoms with Gasteiger partial charge in [0.25, 0.3) is 5.91 Å². The van der Waals surface area contributed by atoms with Gasteiger partial charge in [0.05, 0.1) is 5.69 Å². The predicted molar refractivity (Wildman–Crippen MR) is 85.8 cm³/mol. The van der Waals surface area contributed by atoms with Gasteiger partial charge in [-0.2, -0.15) is 0 Å². The largest absolute Gasteiger partial charge is 0.397 e. The normalized spacial score (nSPS) is 10.9. The van der Waals surface area contributed by atoms with Gasteiger partial charge < -0.3 is 5.73 Å². The van der Waals surface area contributed by atoms with Gasteiger partial charge in [-0.15, -0.1) is 22.7 Å². The molecule has 2 heterocycles. The van der Waals surface area contributed by atoms with Crippen LogP contribution in [0.15, 0.2) is 24.4 Å². The van der Waals surface area contributed by atoms with Gasteiger partial charge in [0.2, 0.25) is 0 Å². The topological polar surface area (TPSA) is 68.0 Å². The maximum atomic E-state index is 12.3. The van der Waals surface area contributed by atoms with Crippen LogP contribution in [-0.4, -0.2) is 10.9 Å². The number of anilines is 2. The summed E-state index contributed by atoms with van der Waals surface area (Å²) < 4.78 is 1.03. The van der Waals surface area contributed by atoms with Crippen molar-refractivity contribution in [3.8, 4) is 0 Å². The summed E-state index contributed by atoms with van der Waals surface area (Å²) >= 11 is 2.86. The number of thiazole rings is 1. The Balaban J connectivity index is 1.97. The third kappa shape index (κ3) is 2.28. The van der Waals surface area contributed by atoms with Crippen LogP contribution >= 0.6 is 22.7 Å². The summed E-state index contributed by atoms with van der Waals surface area (Å²) in [5, 5.41) is 4.32. The second-order valence-corrected chi connectivity index (χ2v) is 6.86. The van der Waals surface area contributed by atoms with Gasteiger partial charge in [-0.1, -0.05) is 12.1 Å². The smallest absolute Gasteiger partial charge is 0.269 e. The Kier molecular flexibility index (Phi) is 3.19. The van der Waals surface area contributed by atoms with Crippen molar-refractivity contribution in [1.82, 2.24) is 4.98 Å². The number of hydrogen-bond donors (Lipinski definition) is 2. The van der Waals surface area contributed by atoms with Crippen molar-refractivity contribution in [3.63, 3.8) is 0 Å². The van der Waals surface area contributed by atoms with E-state index in [1.807, 2.05) is 32.0 Å². The lowest BCUT2D eigenvalue weighted by molar-refractivity contribution is 0.103. The molecule has 0 saturated heterocycles. The first-order valence-electron chi connectivity index (χ1n) is 6.07. The highest BCUT2D eigenvalue weighted by atomic mass is 32.1. The van der Waals surface area contributed by atoms with Gasteiger partial charge in [-0.25, -0.2) is 4.98 Å². The minimum absolute atomic E-state index is 0.198. The van der Waals surface area contributed by atoms with Crippen LogP contribution in [-0.2, 0) is 0 Å². The molecule has 0 atom stereocenters. The summed E-state index contributed by atoms with van der Waals surface area (Å²) in [6, 6.07) is 6.00. The van der Waals surface area contributed by atoms with Gasteiger partial charge in [0.15, 0.2) is 5.13 Å². The number of thiophene rings is 1. The summed E-state index contributed by atoms with van der Waals surface area (Å²) in [7, 11) is 0. The van der Waals surface area contributed by atoms with Gasteiger partial charge >= 0.3 is 0 Å². The predicted octanol–water partition coefficient (Wildman–Crippen LogP) is 3.81. The molecule has 3 aromatic rings. The van der Waals surface area contributed by atoms with Crippen molar-refractivity contribution < 1.29 is 4.79 Å². The molecule has 4 nitrogen and oxygen atoms in total. The highest BCUT2D eigenvalue weighted by molar-refractivity contribution is 7.22. The summed E-state index contributed by atoms with van der Waals surface area (Å²) in [5.74, 6) is -0.198. The van der Waals surface area contributed by atoms with E-state index in [9.17, 15) is 4.79 Å². The molecule has 6 heteroatoms. The lowest BCUT2D eigenvalue weighted by Gasteiger charge is -1.99. The summed E-state index contributed by atoms with van der Waals surface area (Å²) in [6.45, 7) is 3.97. The molecule has 0 fully saturated rings. The van der Waals surface area contributed by atoms with Crippen LogP contribution in [0, 0.1) is 13.8 Å². The van der Waals surface area contributed by atoms with Crippen molar-refractivity contribution >= 4 is 49.5 Å². The molecule has 102 valence electrons. The number of nitrogens with zero attached hydrogens (tertiary/aromatic N) is 1. The van der Waals surface area contributed by atoms with Crippen molar-refractivity contribution in [1.29, 1.82) is 0 Å². The van der Waals surface area contributed by atoms with Gasteiger partial charge in [-0.3, -0.25) is 10.1 Å². The van der Waals surface area contributed by atoms with E-state index >= 15 is 0 Å². The van der Waals surface area contributed by atoms with Crippen LogP contribution < -0.4 is 11.1 Å². The molecule has 0 aliphatic heterocycles. The Morgan fingerprint density at radius 2 is 2.10 bits per heavy atom. The minimum atomic E-state index is -0.198. The molecule has 0 aliphatic carbocycles. The number of benzene rings is 1. The standard InChI is InChI=1S/C14H13N3OS2/c1-7-3-4-9-10(5-7)20-12(11(9)15)13(18)17-14-16-6-8(2)19-14/h3-6H,15H2,1-2H3,(H,16,17,18). The summed E-state index contributed by atoms with van der Waals surface area (Å²) in [5.41, 5.74) is 7.77. The number of aryl methyl sites for hydroxylation is 2. The number of nitrogens with one attached hydrogen (secondary N) is 1. The number of hydrogen-bond acceptors (Lipinski definition) is 5. The van der Waals surface area contributed by atoms with E-state index in [1.54, 1.807) is 6.20 Å². The molecule has 3 N–H and O–H groups in total. The number of nitrogens with two attached hydrogens (primary N) is 1. The fourth-order valence-corrected chi connectivity index (χ4v) is 3.73. The molecule has 3 rings (SSSR count). The molecule has 20 heavy (non-hydrogen) atoms. The zero-order chi connectivity index (χ0) is 14.3. The van der Waals surface area contributed by atoms with Crippen molar-refractivity contribution in [3.05, 3.63) is 39.7 Å². The molecular formula is C14H13N3OS2. The fourth-order valence-electron chi connectivity index (χ4n) is 1.96. The van der Waals surface area contributed by atoms with Crippen LogP contribution in [0.5, 0.6) is 0 Å². The number of carbonyl (C=O) groups excluding carboxylic acids is 1. The summed E-state index contributed by atoms with van der Waals surface area (Å²) in [6.07, 6.45) is 1.73. The van der Waals surface area contributed by atoms with E-state index in [2.05, 4.69) is 10.3 Å². The molecular weight excluding hydrogens is 290 g/mol. The average Bonchev–Trinajstić information content (AvgIpc) is 2.94. The van der Waals surface area contributed by atoms with Crippen molar-refractivity contribution in [2.45, 2.75) is 13.8 Å². The fraction of sp³-hybridized carbons (Fsp3) is 0.143. The van der Waals surface area contributed by atoms with E-state index in [0.29, 0.717) is 15.7 Å². The number of aromatic nitrogens is 1. The minimum Gasteiger partial charge on any atom is -0.397 e. The van der Waals surface area contributed by atoms with E-state index < -0.39 is 0 Å². The average molecular weight is 303 g/mol. The van der Waals surface area contributed by atoms with Gasteiger partial charge in [-0.05, 0) is 25.5 Å². The van der Waals surface area contributed by atoms with Crippen LogP contribution in [0.2, 0.25) is 0 Å². The molecule has 0 bridgehead atoms. The number of rotatable bonds is 2. The van der Waals surface area contributed by atoms with E-state index in [4.69, 9.17) is 5.73 Å². The first-order chi connectivity index (χ1) is 9.54. The molecule has 0 aliphatic rings.